The fraction of sp³-hybridized carbons (Fsp3) is 0.267. The Labute approximate surface area is 223 Å². The highest BCUT2D eigenvalue weighted by Crippen LogP contribution is 2.61. The zero-order chi connectivity index (χ0) is 27.3. The fourth-order valence-electron chi connectivity index (χ4n) is 6.66. The van der Waals surface area contributed by atoms with Crippen LogP contribution in [0.3, 0.4) is 0 Å². The van der Waals surface area contributed by atoms with Crippen LogP contribution in [0.15, 0.2) is 78.9 Å². The van der Waals surface area contributed by atoms with E-state index in [4.69, 9.17) is 4.74 Å². The third kappa shape index (κ3) is 4.20. The number of non-ortho nitro benzene ring substituents is 1. The number of nitro groups is 1. The number of Topliss-reactive ketones (excluding diaryl/α,β-unsaturated/α-hetero) is 1. The molecule has 2 bridgehead atoms. The van der Waals surface area contributed by atoms with E-state index < -0.39 is 23.3 Å². The molecule has 9 heteroatoms. The SMILES string of the molecule is O=C(COC(=O)c1cccc(N2C(=O)[C@@H]3[C@H]4C[C@H]([C@H]3C2=O)[C@H](c2ccccc2)C4)c1)c1cccc([N+](=O)[O-])c1. The Morgan fingerprint density at radius 2 is 1.59 bits per heavy atom. The molecule has 0 aromatic heterocycles. The van der Waals surface area contributed by atoms with Crippen LogP contribution in [-0.4, -0.2) is 35.1 Å². The van der Waals surface area contributed by atoms with E-state index in [0.717, 1.165) is 18.9 Å². The van der Waals surface area contributed by atoms with E-state index in [1.165, 1.54) is 40.8 Å². The average molecular weight is 525 g/mol. The first-order valence-electron chi connectivity index (χ1n) is 12.8. The molecule has 0 spiro atoms. The number of rotatable bonds is 7. The Bertz CT molecular complexity index is 1520. The summed E-state index contributed by atoms with van der Waals surface area (Å²) in [5.41, 5.74) is 1.39. The van der Waals surface area contributed by atoms with E-state index in [0.29, 0.717) is 5.69 Å². The van der Waals surface area contributed by atoms with E-state index in [1.807, 2.05) is 18.2 Å². The largest absolute Gasteiger partial charge is 0.454 e. The predicted molar refractivity (Wildman–Crippen MR) is 139 cm³/mol. The predicted octanol–water partition coefficient (Wildman–Crippen LogP) is 4.56. The van der Waals surface area contributed by atoms with Gasteiger partial charge in [0.2, 0.25) is 17.6 Å². The van der Waals surface area contributed by atoms with Gasteiger partial charge in [0.05, 0.1) is 28.0 Å². The van der Waals surface area contributed by atoms with Crippen LogP contribution < -0.4 is 4.90 Å². The van der Waals surface area contributed by atoms with E-state index in [2.05, 4.69) is 12.1 Å². The first-order chi connectivity index (χ1) is 18.8. The van der Waals surface area contributed by atoms with Crippen LogP contribution in [0, 0.1) is 33.8 Å². The molecule has 39 heavy (non-hydrogen) atoms. The van der Waals surface area contributed by atoms with Crippen molar-refractivity contribution in [1.29, 1.82) is 0 Å². The van der Waals surface area contributed by atoms with Gasteiger partial charge in [-0.25, -0.2) is 4.79 Å². The molecule has 0 unspecified atom stereocenters. The summed E-state index contributed by atoms with van der Waals surface area (Å²) in [7, 11) is 0. The van der Waals surface area contributed by atoms with Gasteiger partial charge in [0.25, 0.3) is 5.69 Å². The van der Waals surface area contributed by atoms with Crippen molar-refractivity contribution in [2.45, 2.75) is 18.8 Å². The Hall–Kier alpha value is -4.66. The number of carbonyl (C=O) groups excluding carboxylic acids is 4. The molecule has 1 heterocycles. The summed E-state index contributed by atoms with van der Waals surface area (Å²) in [4.78, 5) is 63.7. The van der Waals surface area contributed by atoms with E-state index >= 15 is 0 Å². The van der Waals surface area contributed by atoms with Gasteiger partial charge in [-0.05, 0) is 54.4 Å². The number of imide groups is 1. The van der Waals surface area contributed by atoms with Gasteiger partial charge in [-0.15, -0.1) is 0 Å². The molecule has 9 nitrogen and oxygen atoms in total. The van der Waals surface area contributed by atoms with E-state index in [9.17, 15) is 29.3 Å². The third-order valence-corrected chi connectivity index (χ3v) is 8.30. The molecule has 3 fully saturated rings. The summed E-state index contributed by atoms with van der Waals surface area (Å²) in [5, 5.41) is 11.0. The number of esters is 1. The number of hydrogen-bond donors (Lipinski definition) is 0. The van der Waals surface area contributed by atoms with Crippen LogP contribution in [0.5, 0.6) is 0 Å². The van der Waals surface area contributed by atoms with Crippen molar-refractivity contribution < 1.29 is 28.8 Å². The summed E-state index contributed by atoms with van der Waals surface area (Å²) in [6, 6.07) is 21.4. The molecule has 0 N–H and O–H groups in total. The molecular formula is C30H24N2O7. The highest BCUT2D eigenvalue weighted by molar-refractivity contribution is 6.23. The molecule has 2 aliphatic carbocycles. The van der Waals surface area contributed by atoms with Gasteiger partial charge >= 0.3 is 5.97 Å². The van der Waals surface area contributed by atoms with Crippen LogP contribution in [0.2, 0.25) is 0 Å². The Morgan fingerprint density at radius 1 is 0.872 bits per heavy atom. The number of benzene rings is 3. The standard InChI is InChI=1S/C30H24N2O7/c33-25(18-8-4-11-22(12-18)32(37)38)16-39-30(36)19-9-5-10-21(13-19)31-28(34)26-20-14-23(17-6-2-1-3-7-17)24(15-20)27(26)29(31)35/h1-13,20,23-24,26-27H,14-16H2/t20-,23+,24+,26-,27-/m1/s1. The summed E-state index contributed by atoms with van der Waals surface area (Å²) < 4.78 is 5.15. The number of fused-ring (bicyclic) bond motifs is 5. The Balaban J connectivity index is 1.16. The summed E-state index contributed by atoms with van der Waals surface area (Å²) in [6.07, 6.45) is 1.75. The maximum absolute atomic E-state index is 13.6. The van der Waals surface area contributed by atoms with Gasteiger partial charge in [0, 0.05) is 17.7 Å². The number of anilines is 1. The van der Waals surface area contributed by atoms with Crippen LogP contribution in [0.4, 0.5) is 11.4 Å². The second-order valence-electron chi connectivity index (χ2n) is 10.3. The molecular weight excluding hydrogens is 500 g/mol. The van der Waals surface area contributed by atoms with E-state index in [1.54, 1.807) is 12.1 Å². The maximum atomic E-state index is 13.6. The molecule has 1 saturated heterocycles. The molecule has 3 aromatic carbocycles. The minimum Gasteiger partial charge on any atom is -0.454 e. The smallest absolute Gasteiger partial charge is 0.338 e. The van der Waals surface area contributed by atoms with Crippen molar-refractivity contribution >= 4 is 34.9 Å². The lowest BCUT2D eigenvalue weighted by Gasteiger charge is -2.28. The Kier molecular flexibility index (Phi) is 6.06. The third-order valence-electron chi connectivity index (χ3n) is 8.30. The zero-order valence-corrected chi connectivity index (χ0v) is 20.8. The number of carbonyl (C=O) groups is 4. The monoisotopic (exact) mass is 524 g/mol. The number of nitro benzene ring substituents is 1. The van der Waals surface area contributed by atoms with Crippen molar-refractivity contribution in [3.63, 3.8) is 0 Å². The molecule has 5 atom stereocenters. The zero-order valence-electron chi connectivity index (χ0n) is 20.8. The van der Waals surface area contributed by atoms with Crippen molar-refractivity contribution in [2.75, 3.05) is 11.5 Å². The normalized spacial score (nSPS) is 25.0. The number of hydrogen-bond acceptors (Lipinski definition) is 7. The molecule has 3 aliphatic rings. The van der Waals surface area contributed by atoms with Crippen LogP contribution in [0.1, 0.15) is 45.0 Å². The lowest BCUT2D eigenvalue weighted by molar-refractivity contribution is -0.384. The van der Waals surface area contributed by atoms with Crippen LogP contribution in [0.25, 0.3) is 0 Å². The van der Waals surface area contributed by atoms with Crippen LogP contribution in [-0.2, 0) is 14.3 Å². The Morgan fingerprint density at radius 3 is 2.36 bits per heavy atom. The molecule has 196 valence electrons. The lowest BCUT2D eigenvalue weighted by Crippen LogP contribution is -2.33. The number of nitrogens with zero attached hydrogens (tertiary/aromatic N) is 2. The highest BCUT2D eigenvalue weighted by Gasteiger charge is 2.64. The summed E-state index contributed by atoms with van der Waals surface area (Å²) in [6.45, 7) is -0.611. The minimum atomic E-state index is -0.806. The van der Waals surface area contributed by atoms with Gasteiger partial charge in [-0.1, -0.05) is 48.5 Å². The second-order valence-corrected chi connectivity index (χ2v) is 10.3. The summed E-state index contributed by atoms with van der Waals surface area (Å²) >= 11 is 0. The van der Waals surface area contributed by atoms with E-state index in [-0.39, 0.29) is 58.2 Å². The maximum Gasteiger partial charge on any atom is 0.338 e. The summed E-state index contributed by atoms with van der Waals surface area (Å²) in [5.74, 6) is -2.06. The molecule has 6 rings (SSSR count). The highest BCUT2D eigenvalue weighted by atomic mass is 16.6. The van der Waals surface area contributed by atoms with Crippen molar-refractivity contribution in [1.82, 2.24) is 0 Å². The van der Waals surface area contributed by atoms with Gasteiger partial charge < -0.3 is 4.74 Å². The first-order valence-corrected chi connectivity index (χ1v) is 12.8. The minimum absolute atomic E-state index is 0.0500. The van der Waals surface area contributed by atoms with Gasteiger partial charge in [-0.2, -0.15) is 0 Å². The van der Waals surface area contributed by atoms with Crippen molar-refractivity contribution in [3.8, 4) is 0 Å². The number of ketones is 1. The first kappa shape index (κ1) is 24.7. The molecule has 0 radical (unpaired) electrons. The topological polar surface area (TPSA) is 124 Å². The van der Waals surface area contributed by atoms with Gasteiger partial charge in [0.1, 0.15) is 0 Å². The quantitative estimate of drug-likeness (QED) is 0.146. The molecule has 1 aliphatic heterocycles. The second kappa shape index (κ2) is 9.58. The fourth-order valence-corrected chi connectivity index (χ4v) is 6.66. The van der Waals surface area contributed by atoms with Crippen molar-refractivity contribution in [2.24, 2.45) is 23.7 Å². The lowest BCUT2D eigenvalue weighted by atomic mass is 9.73. The number of amides is 2. The van der Waals surface area contributed by atoms with Gasteiger partial charge in [-0.3, -0.25) is 29.4 Å². The molecule has 3 aromatic rings. The van der Waals surface area contributed by atoms with Crippen molar-refractivity contribution in [3.05, 3.63) is 106 Å². The van der Waals surface area contributed by atoms with Crippen LogP contribution >= 0.6 is 0 Å². The molecule has 2 amide bonds. The van der Waals surface area contributed by atoms with Gasteiger partial charge in [0.15, 0.2) is 6.61 Å². The average Bonchev–Trinajstić information content (AvgIpc) is 3.63. The number of ether oxygens (including phenoxy) is 1. The molecule has 2 saturated carbocycles.